The Balaban J connectivity index is 0.000000640. The number of aryl methyl sites for hydroxylation is 2. The number of hydrogen-bond donors (Lipinski definition) is 0. The second-order valence-electron chi connectivity index (χ2n) is 1.68. The molecule has 0 radical (unpaired) electrons. The molecule has 0 aliphatic carbocycles. The van der Waals surface area contributed by atoms with E-state index < -0.39 is 0 Å². The van der Waals surface area contributed by atoms with E-state index in [-0.39, 0.29) is 22.4 Å². The molecule has 0 saturated carbocycles. The van der Waals surface area contributed by atoms with Gasteiger partial charge in [0.15, 0.2) is 0 Å². The molecule has 1 rings (SSSR count). The predicted octanol–water partition coefficient (Wildman–Crippen LogP) is 1.31. The number of halogens is 1. The molecule has 0 aliphatic heterocycles. The summed E-state index contributed by atoms with van der Waals surface area (Å²) >= 11 is 5.67. The summed E-state index contributed by atoms with van der Waals surface area (Å²) in [7, 11) is 0. The van der Waals surface area contributed by atoms with Gasteiger partial charge in [0.25, 0.3) is 0 Å². The minimum atomic E-state index is 0. The molecule has 0 aliphatic rings. The molecule has 0 aromatic carbocycles. The normalized spacial score (nSPS) is 8.78. The number of hydrogen-bond acceptors (Lipinski definition) is 1. The van der Waals surface area contributed by atoms with Crippen LogP contribution in [0.1, 0.15) is 11.4 Å². The van der Waals surface area contributed by atoms with E-state index >= 15 is 0 Å². The van der Waals surface area contributed by atoms with Gasteiger partial charge >= 0.3 is 22.4 Å². The Bertz CT molecular complexity index is 177. The van der Waals surface area contributed by atoms with Gasteiger partial charge in [0.2, 0.25) is 0 Å². The van der Waals surface area contributed by atoms with E-state index in [9.17, 15) is 0 Å². The van der Waals surface area contributed by atoms with Crippen LogP contribution < -0.4 is 5.10 Å². The van der Waals surface area contributed by atoms with Crippen molar-refractivity contribution in [2.24, 2.45) is 0 Å². The molecular weight excluding hydrogens is 231 g/mol. The summed E-state index contributed by atoms with van der Waals surface area (Å²) in [5.74, 6) is 0. The largest absolute Gasteiger partial charge is 1.00 e. The van der Waals surface area contributed by atoms with Crippen molar-refractivity contribution in [1.82, 2.24) is 10.2 Å². The van der Waals surface area contributed by atoms with Crippen LogP contribution >= 0.6 is 11.6 Å². The standard InChI is InChI=1S/C5H6ClN2.Ag/c1-3-5(6)4(2)8-7-3;/h1-2H3;/q-1;+1. The monoisotopic (exact) mass is 236 g/mol. The van der Waals surface area contributed by atoms with Gasteiger partial charge in [-0.2, -0.15) is 0 Å². The van der Waals surface area contributed by atoms with Crippen LogP contribution in [0.15, 0.2) is 0 Å². The van der Waals surface area contributed by atoms with Crippen molar-refractivity contribution in [3.8, 4) is 0 Å². The average molecular weight is 237 g/mol. The Morgan fingerprint density at radius 3 is 2.11 bits per heavy atom. The summed E-state index contributed by atoms with van der Waals surface area (Å²) in [5, 5.41) is 8.15. The Hall–Kier alpha value is 0.240. The zero-order valence-electron chi connectivity index (χ0n) is 5.07. The molecule has 0 fully saturated rings. The fourth-order valence-electron chi connectivity index (χ4n) is 0.500. The van der Waals surface area contributed by atoms with Crippen LogP contribution in [0.4, 0.5) is 0 Å². The number of nitrogens with zero attached hydrogens (tertiary/aromatic N) is 2. The van der Waals surface area contributed by atoms with E-state index in [0.29, 0.717) is 5.02 Å². The van der Waals surface area contributed by atoms with Crippen molar-refractivity contribution in [2.45, 2.75) is 13.8 Å². The molecule has 1 aromatic heterocycles. The Kier molecular flexibility index (Phi) is 3.51. The Morgan fingerprint density at radius 1 is 1.44 bits per heavy atom. The van der Waals surface area contributed by atoms with Crippen LogP contribution in [0.3, 0.4) is 0 Å². The topological polar surface area (TPSA) is 27.0 Å². The molecule has 0 spiro atoms. The van der Waals surface area contributed by atoms with Crippen LogP contribution in [-0.4, -0.2) is 5.10 Å². The molecule has 0 unspecified atom stereocenters. The first-order valence-corrected chi connectivity index (χ1v) is 2.71. The summed E-state index contributed by atoms with van der Waals surface area (Å²) < 4.78 is 0. The van der Waals surface area contributed by atoms with Gasteiger partial charge in [-0.1, -0.05) is 18.5 Å². The summed E-state index contributed by atoms with van der Waals surface area (Å²) in [6.45, 7) is 3.67. The van der Waals surface area contributed by atoms with E-state index in [2.05, 4.69) is 10.2 Å². The van der Waals surface area contributed by atoms with Crippen molar-refractivity contribution >= 4 is 11.6 Å². The van der Waals surface area contributed by atoms with Gasteiger partial charge in [-0.25, -0.2) is 0 Å². The maximum absolute atomic E-state index is 5.67. The molecule has 9 heavy (non-hydrogen) atoms. The summed E-state index contributed by atoms with van der Waals surface area (Å²) in [4.78, 5) is 0. The third-order valence-electron chi connectivity index (χ3n) is 0.985. The molecule has 1 aromatic rings. The first-order chi connectivity index (χ1) is 3.72. The van der Waals surface area contributed by atoms with E-state index in [0.717, 1.165) is 11.4 Å². The second-order valence-corrected chi connectivity index (χ2v) is 2.06. The van der Waals surface area contributed by atoms with Gasteiger partial charge in [0.05, 0.1) is 0 Å². The zero-order chi connectivity index (χ0) is 6.15. The molecule has 4 heteroatoms. The summed E-state index contributed by atoms with van der Waals surface area (Å²) in [6, 6.07) is 0. The van der Waals surface area contributed by atoms with E-state index in [1.54, 1.807) is 0 Å². The van der Waals surface area contributed by atoms with Crippen molar-refractivity contribution in [3.05, 3.63) is 16.4 Å². The molecule has 0 bridgehead atoms. The molecule has 0 atom stereocenters. The van der Waals surface area contributed by atoms with Crippen LogP contribution in [0, 0.1) is 13.8 Å². The van der Waals surface area contributed by atoms with Crippen molar-refractivity contribution in [2.75, 3.05) is 0 Å². The molecule has 0 amide bonds. The average Bonchev–Trinajstić information content (AvgIpc) is 1.98. The van der Waals surface area contributed by atoms with Crippen LogP contribution in [0.25, 0.3) is 0 Å². The fraction of sp³-hybridized carbons (Fsp3) is 0.400. The van der Waals surface area contributed by atoms with Crippen molar-refractivity contribution in [3.63, 3.8) is 0 Å². The summed E-state index contributed by atoms with van der Waals surface area (Å²) in [6.07, 6.45) is 0. The molecule has 54 valence electrons. The molecule has 1 heterocycles. The quantitative estimate of drug-likeness (QED) is 0.636. The van der Waals surface area contributed by atoms with E-state index in [1.165, 1.54) is 0 Å². The molecule has 0 N–H and O–H groups in total. The van der Waals surface area contributed by atoms with Crippen molar-refractivity contribution in [1.29, 1.82) is 0 Å². The van der Waals surface area contributed by atoms with Crippen LogP contribution in [-0.2, 0) is 22.4 Å². The Labute approximate surface area is 74.5 Å². The summed E-state index contributed by atoms with van der Waals surface area (Å²) in [5.41, 5.74) is 1.62. The van der Waals surface area contributed by atoms with Crippen molar-refractivity contribution < 1.29 is 22.4 Å². The minimum Gasteiger partial charge on any atom is -0.578 e. The zero-order valence-corrected chi connectivity index (χ0v) is 7.31. The fourth-order valence-corrected chi connectivity index (χ4v) is 0.575. The maximum atomic E-state index is 5.67. The Morgan fingerprint density at radius 2 is 2.00 bits per heavy atom. The van der Waals surface area contributed by atoms with Gasteiger partial charge < -0.3 is 10.2 Å². The van der Waals surface area contributed by atoms with Gasteiger partial charge in [0.1, 0.15) is 0 Å². The molecular formula is C5H6AgClN2. The smallest absolute Gasteiger partial charge is 0.578 e. The molecule has 0 saturated heterocycles. The minimum absolute atomic E-state index is 0. The third-order valence-corrected chi connectivity index (χ3v) is 1.53. The van der Waals surface area contributed by atoms with E-state index in [1.807, 2.05) is 13.8 Å². The van der Waals surface area contributed by atoms with Crippen LogP contribution in [0.2, 0.25) is 5.02 Å². The second kappa shape index (κ2) is 3.42. The number of rotatable bonds is 0. The maximum Gasteiger partial charge on any atom is 1.00 e. The molecule has 2 nitrogen and oxygen atoms in total. The van der Waals surface area contributed by atoms with Gasteiger partial charge in [-0.15, -0.1) is 5.69 Å². The first kappa shape index (κ1) is 9.24. The van der Waals surface area contributed by atoms with Gasteiger partial charge in [0, 0.05) is 10.7 Å². The van der Waals surface area contributed by atoms with E-state index in [4.69, 9.17) is 11.6 Å². The predicted molar refractivity (Wildman–Crippen MR) is 32.0 cm³/mol. The van der Waals surface area contributed by atoms with Gasteiger partial charge in [-0.05, 0) is 6.92 Å². The van der Waals surface area contributed by atoms with Gasteiger partial charge in [-0.3, -0.25) is 0 Å². The number of aromatic nitrogens is 2. The SMILES string of the molecule is Cc1n[n-]c(C)c1Cl.[Ag+]. The third kappa shape index (κ3) is 1.83. The first-order valence-electron chi connectivity index (χ1n) is 2.34. The van der Waals surface area contributed by atoms with Crippen LogP contribution in [0.5, 0.6) is 0 Å².